The van der Waals surface area contributed by atoms with Gasteiger partial charge in [-0.3, -0.25) is 4.79 Å². The molecule has 0 saturated heterocycles. The largest absolute Gasteiger partial charge is 0.302 e. The third-order valence-electron chi connectivity index (χ3n) is 1.30. The van der Waals surface area contributed by atoms with Crippen LogP contribution in [0.3, 0.4) is 0 Å². The summed E-state index contributed by atoms with van der Waals surface area (Å²) >= 11 is 3.52. The fourth-order valence-electron chi connectivity index (χ4n) is 0.721. The Morgan fingerprint density at radius 2 is 2.17 bits per heavy atom. The topological polar surface area (TPSA) is 54.4 Å². The Bertz CT molecular complexity index is 337. The number of rotatable bonds is 2. The molecule has 0 radical (unpaired) electrons. The van der Waals surface area contributed by atoms with Gasteiger partial charge in [0.05, 0.1) is 9.92 Å². The van der Waals surface area contributed by atoms with Gasteiger partial charge in [-0.2, -0.15) is 0 Å². The van der Waals surface area contributed by atoms with Crippen molar-refractivity contribution >= 4 is 29.0 Å². The molecule has 0 aliphatic carbocycles. The molecule has 0 fully saturated rings. The Balaban J connectivity index is 3.22. The highest BCUT2D eigenvalue weighted by Gasteiger charge is 2.03. The summed E-state index contributed by atoms with van der Waals surface area (Å²) in [7, 11) is 0. The van der Waals surface area contributed by atoms with Gasteiger partial charge in [0.1, 0.15) is 0 Å². The zero-order valence-electron chi connectivity index (χ0n) is 5.86. The minimum Gasteiger partial charge on any atom is -0.302 e. The Morgan fingerprint density at radius 3 is 2.67 bits per heavy atom. The highest BCUT2D eigenvalue weighted by Crippen LogP contribution is 2.17. The summed E-state index contributed by atoms with van der Waals surface area (Å²) in [5.74, 6) is 0. The summed E-state index contributed by atoms with van der Waals surface area (Å²) in [6.07, 6.45) is 0.540. The predicted octanol–water partition coefficient (Wildman–Crippen LogP) is 1.73. The van der Waals surface area contributed by atoms with Crippen molar-refractivity contribution in [2.75, 3.05) is 0 Å². The van der Waals surface area contributed by atoms with Crippen LogP contribution in [0.2, 0.25) is 5.02 Å². The lowest BCUT2D eigenvalue weighted by atomic mass is 10.2. The van der Waals surface area contributed by atoms with Gasteiger partial charge >= 0.3 is 0 Å². The van der Waals surface area contributed by atoms with Gasteiger partial charge in [0.25, 0.3) is 0 Å². The van der Waals surface area contributed by atoms with E-state index in [-0.39, 0.29) is 15.5 Å². The number of halogens is 1. The lowest BCUT2D eigenvalue weighted by Crippen LogP contribution is -1.90. The minimum absolute atomic E-state index is 0.168. The van der Waals surface area contributed by atoms with E-state index >= 15 is 0 Å². The summed E-state index contributed by atoms with van der Waals surface area (Å²) in [6.45, 7) is 0. The Kier molecular flexibility index (Phi) is 2.97. The quantitative estimate of drug-likeness (QED) is 0.590. The van der Waals surface area contributed by atoms with Crippen LogP contribution in [0.4, 0.5) is 0 Å². The smallest absolute Gasteiger partial charge is 0.186 e. The van der Waals surface area contributed by atoms with E-state index in [2.05, 4.69) is 0 Å². The Morgan fingerprint density at radius 1 is 1.50 bits per heavy atom. The van der Waals surface area contributed by atoms with Gasteiger partial charge in [-0.05, 0) is 18.2 Å². The van der Waals surface area contributed by atoms with Crippen LogP contribution in [0.25, 0.3) is 0 Å². The summed E-state index contributed by atoms with van der Waals surface area (Å²) in [5, 5.41) is 0.277. The molecule has 12 heavy (non-hydrogen) atoms. The maximum atomic E-state index is 10.5. The van der Waals surface area contributed by atoms with Gasteiger partial charge in [0, 0.05) is 5.56 Å². The van der Waals surface area contributed by atoms with Gasteiger partial charge in [-0.25, -0.2) is 4.21 Å². The van der Waals surface area contributed by atoms with Gasteiger partial charge in [-0.15, -0.1) is 0 Å². The minimum atomic E-state index is -2.07. The zero-order valence-corrected chi connectivity index (χ0v) is 7.43. The molecule has 0 saturated carbocycles. The van der Waals surface area contributed by atoms with Gasteiger partial charge in [0.2, 0.25) is 0 Å². The SMILES string of the molecule is O=Cc1cc(S(=O)O)ccc1Cl. The molecular formula is C7H5ClO3S. The second kappa shape index (κ2) is 3.80. The summed E-state index contributed by atoms with van der Waals surface area (Å²) in [4.78, 5) is 10.5. The van der Waals surface area contributed by atoms with Crippen LogP contribution in [-0.4, -0.2) is 15.0 Å². The van der Waals surface area contributed by atoms with Crippen LogP contribution in [0.15, 0.2) is 23.1 Å². The number of hydrogen-bond acceptors (Lipinski definition) is 2. The van der Waals surface area contributed by atoms with Crippen LogP contribution < -0.4 is 0 Å². The number of carbonyl (C=O) groups is 1. The van der Waals surface area contributed by atoms with Crippen LogP contribution in [0.5, 0.6) is 0 Å². The van der Waals surface area contributed by atoms with Gasteiger partial charge in [0.15, 0.2) is 17.4 Å². The van der Waals surface area contributed by atoms with Crippen LogP contribution in [0, 0.1) is 0 Å². The molecular weight excluding hydrogens is 200 g/mol. The first kappa shape index (κ1) is 9.38. The number of aldehydes is 1. The Hall–Kier alpha value is -0.710. The molecule has 0 spiro atoms. The molecule has 0 heterocycles. The standard InChI is InChI=1S/C7H5ClO3S/c8-7-2-1-6(12(10)11)3-5(7)4-9/h1-4H,(H,10,11). The fourth-order valence-corrected chi connectivity index (χ4v) is 1.30. The van der Waals surface area contributed by atoms with Crippen molar-refractivity contribution in [1.82, 2.24) is 0 Å². The number of carbonyl (C=O) groups excluding carboxylic acids is 1. The number of hydrogen-bond donors (Lipinski definition) is 1. The molecule has 1 N–H and O–H groups in total. The van der Waals surface area contributed by atoms with Gasteiger partial charge in [-0.1, -0.05) is 11.6 Å². The normalized spacial score (nSPS) is 12.5. The third-order valence-corrected chi connectivity index (χ3v) is 2.30. The van der Waals surface area contributed by atoms with Gasteiger partial charge < -0.3 is 4.55 Å². The first-order valence-electron chi connectivity index (χ1n) is 3.00. The molecule has 0 aliphatic heterocycles. The molecule has 1 aromatic rings. The Labute approximate surface area is 76.6 Å². The third kappa shape index (κ3) is 1.91. The van der Waals surface area contributed by atoms with E-state index in [1.54, 1.807) is 0 Å². The maximum absolute atomic E-state index is 10.5. The summed E-state index contributed by atoms with van der Waals surface area (Å²) in [6, 6.07) is 4.09. The van der Waals surface area contributed by atoms with E-state index in [9.17, 15) is 9.00 Å². The second-order valence-electron chi connectivity index (χ2n) is 2.05. The van der Waals surface area contributed by atoms with Crippen molar-refractivity contribution < 1.29 is 13.6 Å². The van der Waals surface area contributed by atoms with Crippen LogP contribution >= 0.6 is 11.6 Å². The zero-order chi connectivity index (χ0) is 9.14. The van der Waals surface area contributed by atoms with E-state index in [0.29, 0.717) is 6.29 Å². The van der Waals surface area contributed by atoms with Crippen molar-refractivity contribution in [3.05, 3.63) is 28.8 Å². The van der Waals surface area contributed by atoms with E-state index in [4.69, 9.17) is 16.2 Å². The highest BCUT2D eigenvalue weighted by atomic mass is 35.5. The predicted molar refractivity (Wildman–Crippen MR) is 45.9 cm³/mol. The molecule has 1 atom stereocenters. The molecule has 0 amide bonds. The van der Waals surface area contributed by atoms with Crippen molar-refractivity contribution in [1.29, 1.82) is 0 Å². The molecule has 0 aliphatic rings. The van der Waals surface area contributed by atoms with Crippen molar-refractivity contribution in [2.24, 2.45) is 0 Å². The fraction of sp³-hybridized carbons (Fsp3) is 0. The lowest BCUT2D eigenvalue weighted by Gasteiger charge is -1.97. The molecule has 1 unspecified atom stereocenters. The molecule has 0 bridgehead atoms. The monoisotopic (exact) mass is 204 g/mol. The molecule has 1 rings (SSSR count). The first-order chi connectivity index (χ1) is 5.65. The van der Waals surface area contributed by atoms with Crippen molar-refractivity contribution in [3.8, 4) is 0 Å². The van der Waals surface area contributed by atoms with E-state index in [0.717, 1.165) is 0 Å². The van der Waals surface area contributed by atoms with E-state index in [1.165, 1.54) is 18.2 Å². The van der Waals surface area contributed by atoms with Crippen molar-refractivity contribution in [2.45, 2.75) is 4.90 Å². The molecule has 0 aromatic heterocycles. The second-order valence-corrected chi connectivity index (χ2v) is 3.43. The molecule has 64 valence electrons. The highest BCUT2D eigenvalue weighted by molar-refractivity contribution is 7.79. The maximum Gasteiger partial charge on any atom is 0.186 e. The number of benzene rings is 1. The first-order valence-corrected chi connectivity index (χ1v) is 4.49. The summed E-state index contributed by atoms with van der Waals surface area (Å²) in [5.41, 5.74) is 0.219. The molecule has 1 aromatic carbocycles. The average Bonchev–Trinajstić information content (AvgIpc) is 2.05. The van der Waals surface area contributed by atoms with Crippen molar-refractivity contribution in [3.63, 3.8) is 0 Å². The van der Waals surface area contributed by atoms with Crippen LogP contribution in [0.1, 0.15) is 10.4 Å². The average molecular weight is 205 g/mol. The van der Waals surface area contributed by atoms with E-state index in [1.807, 2.05) is 0 Å². The lowest BCUT2D eigenvalue weighted by molar-refractivity contribution is 0.112. The molecule has 3 nitrogen and oxygen atoms in total. The van der Waals surface area contributed by atoms with Crippen LogP contribution in [-0.2, 0) is 11.1 Å². The molecule has 5 heteroatoms. The summed E-state index contributed by atoms with van der Waals surface area (Å²) < 4.78 is 19.2. The van der Waals surface area contributed by atoms with E-state index < -0.39 is 11.1 Å².